The third-order valence-electron chi connectivity index (χ3n) is 4.29. The van der Waals surface area contributed by atoms with E-state index in [1.807, 2.05) is 31.3 Å². The Morgan fingerprint density at radius 2 is 2.00 bits per heavy atom. The van der Waals surface area contributed by atoms with Crippen molar-refractivity contribution in [3.05, 3.63) is 46.1 Å². The Balaban J connectivity index is 2.23. The normalized spacial score (nSPS) is 14.4. The Morgan fingerprint density at radius 3 is 2.71 bits per heavy atom. The van der Waals surface area contributed by atoms with E-state index in [1.165, 1.54) is 0 Å². The summed E-state index contributed by atoms with van der Waals surface area (Å²) >= 11 is 6.41. The van der Waals surface area contributed by atoms with E-state index in [1.54, 1.807) is 16.6 Å². The summed E-state index contributed by atoms with van der Waals surface area (Å²) in [5.41, 5.74) is 3.49. The number of likely N-dealkylation sites (N-methyl/N-ethyl adjacent to an activating group) is 1. The van der Waals surface area contributed by atoms with E-state index >= 15 is 0 Å². The molecule has 2 heterocycles. The molecular weight excluding hydrogens is 324 g/mol. The molecular formula is C18H21ClN4O. The van der Waals surface area contributed by atoms with Crippen LogP contribution in [0.5, 0.6) is 0 Å². The Kier molecular flexibility index (Phi) is 4.71. The lowest BCUT2D eigenvalue weighted by molar-refractivity contribution is -0.117. The number of nitrogens with zero attached hydrogens (tertiary/aromatic N) is 4. The highest BCUT2D eigenvalue weighted by Gasteiger charge is 2.30. The molecule has 24 heavy (non-hydrogen) atoms. The van der Waals surface area contributed by atoms with Gasteiger partial charge in [0, 0.05) is 24.7 Å². The van der Waals surface area contributed by atoms with Crippen molar-refractivity contribution in [2.45, 2.75) is 26.2 Å². The third kappa shape index (κ3) is 2.84. The van der Waals surface area contributed by atoms with Gasteiger partial charge in [0.1, 0.15) is 12.4 Å². The summed E-state index contributed by atoms with van der Waals surface area (Å²) in [6.45, 7) is 2.26. The van der Waals surface area contributed by atoms with Crippen LogP contribution >= 0.6 is 11.6 Å². The number of amides is 1. The molecule has 0 bridgehead atoms. The van der Waals surface area contributed by atoms with Crippen LogP contribution < -0.4 is 4.90 Å². The summed E-state index contributed by atoms with van der Waals surface area (Å²) in [7, 11) is 3.64. The van der Waals surface area contributed by atoms with Gasteiger partial charge in [-0.05, 0) is 18.9 Å². The maximum absolute atomic E-state index is 12.4. The van der Waals surface area contributed by atoms with Crippen molar-refractivity contribution in [2.75, 3.05) is 18.5 Å². The molecule has 1 aliphatic rings. The summed E-state index contributed by atoms with van der Waals surface area (Å²) in [5, 5.41) is 5.29. The smallest absolute Gasteiger partial charge is 0.249 e. The van der Waals surface area contributed by atoms with Gasteiger partial charge in [0.2, 0.25) is 5.91 Å². The number of halogens is 1. The zero-order valence-electron chi connectivity index (χ0n) is 14.2. The van der Waals surface area contributed by atoms with Crippen LogP contribution in [0, 0.1) is 0 Å². The summed E-state index contributed by atoms with van der Waals surface area (Å²) in [6, 6.07) is 7.61. The molecule has 3 rings (SSSR count). The maximum atomic E-state index is 12.4. The van der Waals surface area contributed by atoms with E-state index in [4.69, 9.17) is 11.6 Å². The fourth-order valence-corrected chi connectivity index (χ4v) is 3.26. The second kappa shape index (κ2) is 6.77. The van der Waals surface area contributed by atoms with E-state index in [9.17, 15) is 4.79 Å². The van der Waals surface area contributed by atoms with Gasteiger partial charge in [-0.1, -0.05) is 43.1 Å². The van der Waals surface area contributed by atoms with Crippen LogP contribution in [0.2, 0.25) is 5.02 Å². The number of anilines is 1. The summed E-state index contributed by atoms with van der Waals surface area (Å²) in [4.78, 5) is 18.6. The number of hydrogen-bond donors (Lipinski definition) is 0. The zero-order valence-corrected chi connectivity index (χ0v) is 15.0. The minimum absolute atomic E-state index is 0.0525. The number of aromatic nitrogens is 2. The zero-order chi connectivity index (χ0) is 17.3. The summed E-state index contributed by atoms with van der Waals surface area (Å²) in [6.07, 6.45) is 2.97. The number of carbonyl (C=O) groups is 1. The predicted octanol–water partition coefficient (Wildman–Crippen LogP) is 3.23. The molecule has 0 saturated heterocycles. The number of rotatable bonds is 4. The lowest BCUT2D eigenvalue weighted by Crippen LogP contribution is -2.29. The molecule has 0 atom stereocenters. The third-order valence-corrected chi connectivity index (χ3v) is 4.62. The fourth-order valence-electron chi connectivity index (χ4n) is 3.04. The van der Waals surface area contributed by atoms with Crippen LogP contribution in [-0.2, 0) is 18.3 Å². The quantitative estimate of drug-likeness (QED) is 0.855. The monoisotopic (exact) mass is 344 g/mol. The topological polar surface area (TPSA) is 50.5 Å². The first-order valence-corrected chi connectivity index (χ1v) is 8.54. The van der Waals surface area contributed by atoms with Crippen LogP contribution in [0.25, 0.3) is 0 Å². The van der Waals surface area contributed by atoms with Crippen molar-refractivity contribution in [3.8, 4) is 0 Å². The molecule has 1 aromatic heterocycles. The van der Waals surface area contributed by atoms with Crippen molar-refractivity contribution >= 4 is 29.0 Å². The molecule has 0 N–H and O–H groups in total. The minimum atomic E-state index is -0.0525. The Morgan fingerprint density at radius 1 is 1.25 bits per heavy atom. The number of benzene rings is 1. The highest BCUT2D eigenvalue weighted by atomic mass is 35.5. The lowest BCUT2D eigenvalue weighted by Gasteiger charge is -2.16. The molecule has 5 nitrogen and oxygen atoms in total. The van der Waals surface area contributed by atoms with E-state index in [0.29, 0.717) is 5.02 Å². The SMILES string of the molecule is CCCCc1nn(C)c2c1C(c1ccccc1Cl)=NCC(=O)N2C. The average Bonchev–Trinajstić information content (AvgIpc) is 2.83. The second-order valence-electron chi connectivity index (χ2n) is 5.97. The van der Waals surface area contributed by atoms with Gasteiger partial charge in [0.05, 0.1) is 17.0 Å². The highest BCUT2D eigenvalue weighted by Crippen LogP contribution is 2.31. The number of aryl methyl sites for hydroxylation is 2. The number of unbranched alkanes of at least 4 members (excludes halogenated alkanes) is 1. The summed E-state index contributed by atoms with van der Waals surface area (Å²) in [5.74, 6) is 0.727. The molecule has 126 valence electrons. The number of hydrogen-bond acceptors (Lipinski definition) is 3. The van der Waals surface area contributed by atoms with Gasteiger partial charge in [0.15, 0.2) is 0 Å². The molecule has 1 aromatic carbocycles. The lowest BCUT2D eigenvalue weighted by atomic mass is 9.99. The van der Waals surface area contributed by atoms with Crippen LogP contribution in [0.3, 0.4) is 0 Å². The maximum Gasteiger partial charge on any atom is 0.249 e. The van der Waals surface area contributed by atoms with Gasteiger partial charge < -0.3 is 0 Å². The highest BCUT2D eigenvalue weighted by molar-refractivity contribution is 6.36. The fraction of sp³-hybridized carbons (Fsp3) is 0.389. The Bertz CT molecular complexity index is 809. The number of fused-ring (bicyclic) bond motifs is 1. The molecule has 0 saturated carbocycles. The van der Waals surface area contributed by atoms with Gasteiger partial charge >= 0.3 is 0 Å². The number of aliphatic imine (C=N–C) groups is 1. The minimum Gasteiger partial charge on any atom is -0.298 e. The van der Waals surface area contributed by atoms with Gasteiger partial charge in [-0.3, -0.25) is 19.4 Å². The second-order valence-corrected chi connectivity index (χ2v) is 6.38. The molecule has 1 amide bonds. The van der Waals surface area contributed by atoms with Crippen molar-refractivity contribution in [1.29, 1.82) is 0 Å². The van der Waals surface area contributed by atoms with E-state index in [0.717, 1.165) is 47.6 Å². The predicted molar refractivity (Wildman–Crippen MR) is 97.2 cm³/mol. The average molecular weight is 345 g/mol. The van der Waals surface area contributed by atoms with Gasteiger partial charge in [-0.2, -0.15) is 5.10 Å². The molecule has 0 spiro atoms. The van der Waals surface area contributed by atoms with E-state index in [-0.39, 0.29) is 12.5 Å². The molecule has 0 aliphatic carbocycles. The Hall–Kier alpha value is -2.14. The summed E-state index contributed by atoms with van der Waals surface area (Å²) < 4.78 is 1.77. The molecule has 0 radical (unpaired) electrons. The van der Waals surface area contributed by atoms with Crippen LogP contribution in [0.1, 0.15) is 36.6 Å². The largest absolute Gasteiger partial charge is 0.298 e. The Labute approximate surface area is 146 Å². The molecule has 6 heteroatoms. The molecule has 1 aliphatic heterocycles. The molecule has 0 unspecified atom stereocenters. The van der Waals surface area contributed by atoms with E-state index in [2.05, 4.69) is 17.0 Å². The first-order valence-electron chi connectivity index (χ1n) is 8.16. The van der Waals surface area contributed by atoms with Gasteiger partial charge in [-0.15, -0.1) is 0 Å². The standard InChI is InChI=1S/C18H21ClN4O/c1-4-5-10-14-16-17(12-8-6-7-9-13(12)19)20-11-15(24)22(2)18(16)23(3)21-14/h6-9H,4-5,10-11H2,1-3H3. The van der Waals surface area contributed by atoms with Crippen LogP contribution in [0.15, 0.2) is 29.3 Å². The van der Waals surface area contributed by atoms with Crippen molar-refractivity contribution in [3.63, 3.8) is 0 Å². The van der Waals surface area contributed by atoms with Crippen LogP contribution in [-0.4, -0.2) is 35.0 Å². The van der Waals surface area contributed by atoms with Crippen molar-refractivity contribution < 1.29 is 4.79 Å². The first kappa shape index (κ1) is 16.7. The van der Waals surface area contributed by atoms with E-state index < -0.39 is 0 Å². The first-order chi connectivity index (χ1) is 11.5. The van der Waals surface area contributed by atoms with Gasteiger partial charge in [0.25, 0.3) is 0 Å². The van der Waals surface area contributed by atoms with Crippen molar-refractivity contribution in [2.24, 2.45) is 12.0 Å². The van der Waals surface area contributed by atoms with Gasteiger partial charge in [-0.25, -0.2) is 0 Å². The molecule has 0 fully saturated rings. The van der Waals surface area contributed by atoms with Crippen molar-refractivity contribution in [1.82, 2.24) is 9.78 Å². The molecule has 2 aromatic rings. The number of carbonyl (C=O) groups excluding carboxylic acids is 1. The van der Waals surface area contributed by atoms with Crippen LogP contribution in [0.4, 0.5) is 5.82 Å².